The summed E-state index contributed by atoms with van der Waals surface area (Å²) in [7, 11) is 0. The van der Waals surface area contributed by atoms with Crippen molar-refractivity contribution < 1.29 is 4.74 Å². The summed E-state index contributed by atoms with van der Waals surface area (Å²) in [5.74, 6) is 0. The molecule has 0 saturated carbocycles. The number of rotatable bonds is 2. The first-order valence-electron chi connectivity index (χ1n) is 5.41. The van der Waals surface area contributed by atoms with Crippen LogP contribution in [0.25, 0.3) is 0 Å². The quantitative estimate of drug-likeness (QED) is 0.816. The molecular formula is C12H14BrNO. The molecule has 0 aliphatic carbocycles. The third-order valence-corrected chi connectivity index (χ3v) is 3.84. The molecule has 2 saturated heterocycles. The Morgan fingerprint density at radius 2 is 2.13 bits per heavy atom. The van der Waals surface area contributed by atoms with Crippen molar-refractivity contribution in [2.24, 2.45) is 0 Å². The zero-order chi connectivity index (χ0) is 10.3. The molecule has 2 fully saturated rings. The molecule has 0 N–H and O–H groups in total. The molecule has 1 aromatic carbocycles. The largest absolute Gasteiger partial charge is 0.375 e. The number of likely N-dealkylation sites (tertiary alicyclic amines) is 1. The van der Waals surface area contributed by atoms with Gasteiger partial charge in [-0.25, -0.2) is 0 Å². The minimum absolute atomic E-state index is 0.505. The highest BCUT2D eigenvalue weighted by Crippen LogP contribution is 2.29. The van der Waals surface area contributed by atoms with Crippen LogP contribution < -0.4 is 0 Å². The average Bonchev–Trinajstić information content (AvgIpc) is 2.83. The van der Waals surface area contributed by atoms with Crippen molar-refractivity contribution in [1.82, 2.24) is 4.90 Å². The lowest BCUT2D eigenvalue weighted by Gasteiger charge is -2.26. The summed E-state index contributed by atoms with van der Waals surface area (Å²) >= 11 is 3.46. The zero-order valence-corrected chi connectivity index (χ0v) is 10.1. The molecule has 0 radical (unpaired) electrons. The maximum Gasteiger partial charge on any atom is 0.0718 e. The maximum atomic E-state index is 5.59. The molecule has 2 aliphatic heterocycles. The molecule has 2 bridgehead atoms. The Morgan fingerprint density at radius 3 is 2.73 bits per heavy atom. The van der Waals surface area contributed by atoms with Crippen LogP contribution in [0.4, 0.5) is 0 Å². The van der Waals surface area contributed by atoms with Crippen molar-refractivity contribution in [3.8, 4) is 0 Å². The second-order valence-electron chi connectivity index (χ2n) is 4.40. The Bertz CT molecular complexity index is 351. The Kier molecular flexibility index (Phi) is 2.54. The summed E-state index contributed by atoms with van der Waals surface area (Å²) in [6.07, 6.45) is 1.74. The lowest BCUT2D eigenvalue weighted by molar-refractivity contribution is 0.0273. The molecule has 2 atom stereocenters. The molecule has 0 aromatic heterocycles. The highest BCUT2D eigenvalue weighted by Gasteiger charge is 2.38. The molecule has 3 heteroatoms. The van der Waals surface area contributed by atoms with Crippen molar-refractivity contribution >= 4 is 15.9 Å². The third-order valence-electron chi connectivity index (χ3n) is 3.31. The van der Waals surface area contributed by atoms with Crippen LogP contribution in [-0.4, -0.2) is 30.2 Å². The van der Waals surface area contributed by atoms with Gasteiger partial charge < -0.3 is 4.74 Å². The van der Waals surface area contributed by atoms with E-state index in [1.54, 1.807) is 0 Å². The summed E-state index contributed by atoms with van der Waals surface area (Å²) in [5, 5.41) is 0. The van der Waals surface area contributed by atoms with Crippen LogP contribution >= 0.6 is 15.9 Å². The number of ether oxygens (including phenoxy) is 1. The summed E-state index contributed by atoms with van der Waals surface area (Å²) in [4.78, 5) is 2.54. The minimum Gasteiger partial charge on any atom is -0.375 e. The molecule has 2 aliphatic rings. The molecule has 0 unspecified atom stereocenters. The molecule has 0 spiro atoms. The smallest absolute Gasteiger partial charge is 0.0718 e. The number of hydrogen-bond donors (Lipinski definition) is 0. The first-order chi connectivity index (χ1) is 7.31. The van der Waals surface area contributed by atoms with Gasteiger partial charge in [0.05, 0.1) is 12.7 Å². The van der Waals surface area contributed by atoms with Gasteiger partial charge in [-0.15, -0.1) is 0 Å². The van der Waals surface area contributed by atoms with Gasteiger partial charge in [0.15, 0.2) is 0 Å². The van der Waals surface area contributed by atoms with Gasteiger partial charge in [0, 0.05) is 23.6 Å². The standard InChI is InChI=1S/C12H14BrNO/c13-10-3-1-9(2-4-10)6-14-7-12-5-11(14)8-15-12/h1-4,11-12H,5-8H2/t11-,12-/m0/s1. The Labute approximate surface area is 98.4 Å². The predicted octanol–water partition coefficient (Wildman–Crippen LogP) is 2.42. The SMILES string of the molecule is Brc1ccc(CN2C[C@@H]3C[C@H]2CO3)cc1. The molecule has 3 rings (SSSR count). The van der Waals surface area contributed by atoms with Crippen molar-refractivity contribution in [3.05, 3.63) is 34.3 Å². The van der Waals surface area contributed by atoms with E-state index in [0.717, 1.165) is 24.2 Å². The summed E-state index contributed by atoms with van der Waals surface area (Å²) in [6, 6.07) is 9.27. The van der Waals surface area contributed by atoms with Gasteiger partial charge in [-0.05, 0) is 24.1 Å². The summed E-state index contributed by atoms with van der Waals surface area (Å²) in [6.45, 7) is 3.11. The molecular weight excluding hydrogens is 254 g/mol. The van der Waals surface area contributed by atoms with E-state index in [1.807, 2.05) is 0 Å². The van der Waals surface area contributed by atoms with E-state index in [-0.39, 0.29) is 0 Å². The molecule has 1 aromatic rings. The van der Waals surface area contributed by atoms with Gasteiger partial charge in [0.1, 0.15) is 0 Å². The van der Waals surface area contributed by atoms with E-state index in [4.69, 9.17) is 4.74 Å². The van der Waals surface area contributed by atoms with Gasteiger partial charge in [-0.1, -0.05) is 28.1 Å². The molecule has 2 nitrogen and oxygen atoms in total. The zero-order valence-electron chi connectivity index (χ0n) is 8.53. The van der Waals surface area contributed by atoms with E-state index in [0.29, 0.717) is 12.1 Å². The fraction of sp³-hybridized carbons (Fsp3) is 0.500. The monoisotopic (exact) mass is 267 g/mol. The van der Waals surface area contributed by atoms with Crippen molar-refractivity contribution in [1.29, 1.82) is 0 Å². The van der Waals surface area contributed by atoms with Crippen LogP contribution in [0.3, 0.4) is 0 Å². The number of fused-ring (bicyclic) bond motifs is 2. The first-order valence-corrected chi connectivity index (χ1v) is 6.20. The third kappa shape index (κ3) is 1.96. The van der Waals surface area contributed by atoms with Crippen molar-refractivity contribution in [3.63, 3.8) is 0 Å². The molecule has 15 heavy (non-hydrogen) atoms. The van der Waals surface area contributed by atoms with Crippen LogP contribution in [0.2, 0.25) is 0 Å². The topological polar surface area (TPSA) is 12.5 Å². The number of benzene rings is 1. The van der Waals surface area contributed by atoms with Gasteiger partial charge in [-0.2, -0.15) is 0 Å². The second kappa shape index (κ2) is 3.89. The van der Waals surface area contributed by atoms with E-state index < -0.39 is 0 Å². The second-order valence-corrected chi connectivity index (χ2v) is 5.32. The Hall–Kier alpha value is -0.380. The predicted molar refractivity (Wildman–Crippen MR) is 62.7 cm³/mol. The summed E-state index contributed by atoms with van der Waals surface area (Å²) in [5.41, 5.74) is 1.39. The average molecular weight is 268 g/mol. The van der Waals surface area contributed by atoms with Crippen molar-refractivity contribution in [2.45, 2.75) is 25.1 Å². The molecule has 2 heterocycles. The molecule has 80 valence electrons. The number of hydrogen-bond acceptors (Lipinski definition) is 2. The van der Waals surface area contributed by atoms with Crippen LogP contribution in [0.15, 0.2) is 28.7 Å². The van der Waals surface area contributed by atoms with Gasteiger partial charge in [-0.3, -0.25) is 4.90 Å². The van der Waals surface area contributed by atoms with E-state index in [2.05, 4.69) is 45.1 Å². The fourth-order valence-corrected chi connectivity index (χ4v) is 2.76. The highest BCUT2D eigenvalue weighted by molar-refractivity contribution is 9.10. The van der Waals surface area contributed by atoms with E-state index in [9.17, 15) is 0 Å². The number of halogens is 1. The Balaban J connectivity index is 1.68. The highest BCUT2D eigenvalue weighted by atomic mass is 79.9. The van der Waals surface area contributed by atoms with Crippen LogP contribution in [0.5, 0.6) is 0 Å². The normalized spacial score (nSPS) is 29.9. The van der Waals surface area contributed by atoms with E-state index in [1.165, 1.54) is 12.0 Å². The van der Waals surface area contributed by atoms with Gasteiger partial charge in [0.25, 0.3) is 0 Å². The van der Waals surface area contributed by atoms with Crippen LogP contribution in [0, 0.1) is 0 Å². The Morgan fingerprint density at radius 1 is 1.33 bits per heavy atom. The fourth-order valence-electron chi connectivity index (χ4n) is 2.50. The maximum absolute atomic E-state index is 5.59. The molecule has 0 amide bonds. The van der Waals surface area contributed by atoms with E-state index >= 15 is 0 Å². The lowest BCUT2D eigenvalue weighted by atomic mass is 10.2. The van der Waals surface area contributed by atoms with Crippen molar-refractivity contribution in [2.75, 3.05) is 13.2 Å². The van der Waals surface area contributed by atoms with Gasteiger partial charge >= 0.3 is 0 Å². The first kappa shape index (κ1) is 9.82. The lowest BCUT2D eigenvalue weighted by Crippen LogP contribution is -2.36. The van der Waals surface area contributed by atoms with Crippen LogP contribution in [0.1, 0.15) is 12.0 Å². The number of nitrogens with zero attached hydrogens (tertiary/aromatic N) is 1. The summed E-state index contributed by atoms with van der Waals surface area (Å²) < 4.78 is 6.74. The van der Waals surface area contributed by atoms with Gasteiger partial charge in [0.2, 0.25) is 0 Å². The minimum atomic E-state index is 0.505. The number of morpholine rings is 1. The van der Waals surface area contributed by atoms with Crippen LogP contribution in [-0.2, 0) is 11.3 Å².